The van der Waals surface area contributed by atoms with E-state index in [1.54, 1.807) is 18.9 Å². The lowest BCUT2D eigenvalue weighted by molar-refractivity contribution is 0.259. The highest BCUT2D eigenvalue weighted by atomic mass is 32.2. The molecule has 0 unspecified atom stereocenters. The number of hydrogen-bond donors (Lipinski definition) is 0. The molecule has 0 aliphatic carbocycles. The van der Waals surface area contributed by atoms with Crippen molar-refractivity contribution in [3.05, 3.63) is 28.8 Å². The topological polar surface area (TPSA) is 9.23 Å². The summed E-state index contributed by atoms with van der Waals surface area (Å²) >= 11 is 1.76. The Morgan fingerprint density at radius 2 is 1.69 bits per heavy atom. The molecule has 0 aliphatic heterocycles. The van der Waals surface area contributed by atoms with Crippen LogP contribution in [0.25, 0.3) is 0 Å². The van der Waals surface area contributed by atoms with Crippen LogP contribution in [-0.2, 0) is 4.74 Å². The summed E-state index contributed by atoms with van der Waals surface area (Å²) in [5.41, 5.74) is 4.02. The second kappa shape index (κ2) is 4.68. The van der Waals surface area contributed by atoms with Crippen molar-refractivity contribution in [3.8, 4) is 0 Å². The average Bonchev–Trinajstić information content (AvgIpc) is 2.02. The normalized spacial score (nSPS) is 10.5. The van der Waals surface area contributed by atoms with Gasteiger partial charge in [-0.1, -0.05) is 29.5 Å². The quantitative estimate of drug-likeness (QED) is 0.542. The number of ether oxygens (including phenoxy) is 1. The second-order valence-electron chi connectivity index (χ2n) is 3.28. The summed E-state index contributed by atoms with van der Waals surface area (Å²) in [6.45, 7) is 6.43. The van der Waals surface area contributed by atoms with Crippen LogP contribution in [0.1, 0.15) is 16.7 Å². The number of aryl methyl sites for hydroxylation is 3. The molecule has 72 valence electrons. The van der Waals surface area contributed by atoms with Gasteiger partial charge < -0.3 is 4.74 Å². The Morgan fingerprint density at radius 1 is 1.15 bits per heavy atom. The Hall–Kier alpha value is -0.470. The van der Waals surface area contributed by atoms with E-state index in [-0.39, 0.29) is 0 Å². The summed E-state index contributed by atoms with van der Waals surface area (Å²) in [5.74, 6) is 0.727. The van der Waals surface area contributed by atoms with Crippen LogP contribution in [0.2, 0.25) is 0 Å². The fourth-order valence-electron chi connectivity index (χ4n) is 1.51. The summed E-state index contributed by atoms with van der Waals surface area (Å²) in [6, 6.07) is 4.43. The molecule has 1 rings (SSSR count). The van der Waals surface area contributed by atoms with Crippen molar-refractivity contribution in [3.63, 3.8) is 0 Å². The Balaban J connectivity index is 2.92. The van der Waals surface area contributed by atoms with Gasteiger partial charge in [-0.25, -0.2) is 0 Å². The lowest BCUT2D eigenvalue weighted by Crippen LogP contribution is -1.90. The molecular formula is C11H16OS. The molecule has 0 heterocycles. The number of hydrogen-bond acceptors (Lipinski definition) is 2. The molecule has 0 aromatic heterocycles. The third kappa shape index (κ3) is 2.75. The van der Waals surface area contributed by atoms with Gasteiger partial charge >= 0.3 is 0 Å². The van der Waals surface area contributed by atoms with Crippen LogP contribution in [0, 0.1) is 20.8 Å². The smallest absolute Gasteiger partial charge is 0.0963 e. The van der Waals surface area contributed by atoms with E-state index < -0.39 is 0 Å². The zero-order valence-electron chi connectivity index (χ0n) is 8.68. The van der Waals surface area contributed by atoms with Crippen molar-refractivity contribution >= 4 is 11.8 Å². The summed E-state index contributed by atoms with van der Waals surface area (Å²) < 4.78 is 5.05. The first-order valence-electron chi connectivity index (χ1n) is 4.34. The van der Waals surface area contributed by atoms with E-state index in [0.717, 1.165) is 5.94 Å². The van der Waals surface area contributed by atoms with Crippen molar-refractivity contribution in [2.45, 2.75) is 25.7 Å². The van der Waals surface area contributed by atoms with E-state index in [2.05, 4.69) is 32.9 Å². The molecule has 0 spiro atoms. The second-order valence-corrected chi connectivity index (χ2v) is 4.21. The highest BCUT2D eigenvalue weighted by Gasteiger charge is 2.03. The fraction of sp³-hybridized carbons (Fsp3) is 0.455. The van der Waals surface area contributed by atoms with Crippen LogP contribution in [0.15, 0.2) is 17.0 Å². The maximum Gasteiger partial charge on any atom is 0.0963 e. The van der Waals surface area contributed by atoms with Crippen LogP contribution in [0.3, 0.4) is 0 Å². The molecule has 0 fully saturated rings. The summed E-state index contributed by atoms with van der Waals surface area (Å²) in [7, 11) is 1.73. The highest BCUT2D eigenvalue weighted by Crippen LogP contribution is 2.27. The van der Waals surface area contributed by atoms with E-state index >= 15 is 0 Å². The standard InChI is InChI=1S/C11H16OS/c1-8-5-9(2)11(10(3)6-8)13-7-12-4/h5-6H,7H2,1-4H3. The molecule has 0 saturated carbocycles. The lowest BCUT2D eigenvalue weighted by atomic mass is 10.1. The van der Waals surface area contributed by atoms with Gasteiger partial charge in [0.2, 0.25) is 0 Å². The minimum absolute atomic E-state index is 0.727. The predicted octanol–water partition coefficient (Wildman–Crippen LogP) is 3.31. The first-order valence-corrected chi connectivity index (χ1v) is 5.33. The van der Waals surface area contributed by atoms with Gasteiger partial charge in [0.25, 0.3) is 0 Å². The summed E-state index contributed by atoms with van der Waals surface area (Å²) in [6.07, 6.45) is 0. The van der Waals surface area contributed by atoms with Crippen molar-refractivity contribution in [2.75, 3.05) is 13.0 Å². The fourth-order valence-corrected chi connectivity index (χ4v) is 2.32. The Morgan fingerprint density at radius 3 is 2.15 bits per heavy atom. The molecule has 0 saturated heterocycles. The van der Waals surface area contributed by atoms with Gasteiger partial charge in [-0.05, 0) is 31.9 Å². The van der Waals surface area contributed by atoms with E-state index in [4.69, 9.17) is 4.74 Å². The minimum atomic E-state index is 0.727. The first kappa shape index (κ1) is 10.6. The highest BCUT2D eigenvalue weighted by molar-refractivity contribution is 7.99. The monoisotopic (exact) mass is 196 g/mol. The molecule has 1 aromatic carbocycles. The molecule has 0 amide bonds. The van der Waals surface area contributed by atoms with Gasteiger partial charge in [-0.15, -0.1) is 0 Å². The van der Waals surface area contributed by atoms with Crippen LogP contribution in [0.4, 0.5) is 0 Å². The van der Waals surface area contributed by atoms with Gasteiger partial charge in [-0.3, -0.25) is 0 Å². The molecule has 0 radical (unpaired) electrons. The molecule has 0 N–H and O–H groups in total. The van der Waals surface area contributed by atoms with Crippen molar-refractivity contribution in [1.29, 1.82) is 0 Å². The first-order chi connectivity index (χ1) is 6.15. The van der Waals surface area contributed by atoms with Crippen molar-refractivity contribution < 1.29 is 4.74 Å². The molecule has 1 aromatic rings. The van der Waals surface area contributed by atoms with E-state index in [1.807, 2.05) is 0 Å². The summed E-state index contributed by atoms with van der Waals surface area (Å²) in [4.78, 5) is 1.35. The Labute approximate surface area is 84.5 Å². The van der Waals surface area contributed by atoms with Crippen molar-refractivity contribution in [2.24, 2.45) is 0 Å². The van der Waals surface area contributed by atoms with Gasteiger partial charge in [0, 0.05) is 12.0 Å². The van der Waals surface area contributed by atoms with Crippen molar-refractivity contribution in [1.82, 2.24) is 0 Å². The maximum atomic E-state index is 5.05. The Bertz CT molecular complexity index is 271. The largest absolute Gasteiger partial charge is 0.374 e. The Kier molecular flexibility index (Phi) is 3.82. The third-order valence-corrected chi connectivity index (χ3v) is 3.21. The maximum absolute atomic E-state index is 5.05. The number of rotatable bonds is 3. The molecule has 0 atom stereocenters. The number of thioether (sulfide) groups is 1. The zero-order chi connectivity index (χ0) is 9.84. The van der Waals surface area contributed by atoms with Gasteiger partial charge in [0.1, 0.15) is 0 Å². The van der Waals surface area contributed by atoms with E-state index in [0.29, 0.717) is 0 Å². The zero-order valence-corrected chi connectivity index (χ0v) is 9.49. The molecule has 0 aliphatic rings. The molecule has 1 nitrogen and oxygen atoms in total. The van der Waals surface area contributed by atoms with E-state index in [1.165, 1.54) is 21.6 Å². The summed E-state index contributed by atoms with van der Waals surface area (Å²) in [5, 5.41) is 0. The van der Waals surface area contributed by atoms with Crippen LogP contribution in [0.5, 0.6) is 0 Å². The molecule has 2 heteroatoms. The molecule has 13 heavy (non-hydrogen) atoms. The van der Waals surface area contributed by atoms with Crippen LogP contribution in [-0.4, -0.2) is 13.0 Å². The molecular weight excluding hydrogens is 180 g/mol. The van der Waals surface area contributed by atoms with Crippen LogP contribution >= 0.6 is 11.8 Å². The van der Waals surface area contributed by atoms with E-state index in [9.17, 15) is 0 Å². The van der Waals surface area contributed by atoms with Gasteiger partial charge in [-0.2, -0.15) is 0 Å². The average molecular weight is 196 g/mol. The minimum Gasteiger partial charge on any atom is -0.374 e. The van der Waals surface area contributed by atoms with Gasteiger partial charge in [0.05, 0.1) is 5.94 Å². The van der Waals surface area contributed by atoms with Crippen LogP contribution < -0.4 is 0 Å². The van der Waals surface area contributed by atoms with Gasteiger partial charge in [0.15, 0.2) is 0 Å². The SMILES string of the molecule is COCSc1c(C)cc(C)cc1C. The molecule has 0 bridgehead atoms. The third-order valence-electron chi connectivity index (χ3n) is 1.93. The number of benzene rings is 1. The lowest BCUT2D eigenvalue weighted by Gasteiger charge is -2.09. The number of methoxy groups -OCH3 is 1. The predicted molar refractivity (Wildman–Crippen MR) is 58.4 cm³/mol.